The Bertz CT molecular complexity index is 439. The largest absolute Gasteiger partial charge is 0.494 e. The van der Waals surface area contributed by atoms with Gasteiger partial charge in [0.05, 0.1) is 6.61 Å². The zero-order valence-electron chi connectivity index (χ0n) is 14.0. The highest BCUT2D eigenvalue weighted by molar-refractivity contribution is 5.35. The molecule has 21 heavy (non-hydrogen) atoms. The summed E-state index contributed by atoms with van der Waals surface area (Å²) in [6.45, 7) is 6.03. The molecule has 3 nitrogen and oxygen atoms in total. The van der Waals surface area contributed by atoms with Crippen LogP contribution in [0.5, 0.6) is 5.75 Å². The maximum Gasteiger partial charge on any atom is 0.124 e. The van der Waals surface area contributed by atoms with Crippen molar-refractivity contribution >= 4 is 0 Å². The van der Waals surface area contributed by atoms with Crippen molar-refractivity contribution in [3.63, 3.8) is 0 Å². The van der Waals surface area contributed by atoms with E-state index >= 15 is 0 Å². The third-order valence-electron chi connectivity index (χ3n) is 4.91. The molecule has 1 unspecified atom stereocenters. The average Bonchev–Trinajstić information content (AvgIpc) is 2.96. The first kappa shape index (κ1) is 16.3. The van der Waals surface area contributed by atoms with Crippen molar-refractivity contribution in [3.05, 3.63) is 29.8 Å². The summed E-state index contributed by atoms with van der Waals surface area (Å²) in [7, 11) is 4.43. The molecular formula is C18H30N2O. The zero-order valence-corrected chi connectivity index (χ0v) is 14.0. The molecule has 0 bridgehead atoms. The molecule has 1 aliphatic carbocycles. The summed E-state index contributed by atoms with van der Waals surface area (Å²) in [5.41, 5.74) is 1.58. The summed E-state index contributed by atoms with van der Waals surface area (Å²) in [6.07, 6.45) is 5.30. The van der Waals surface area contributed by atoms with Crippen LogP contribution < -0.4 is 10.1 Å². The number of likely N-dealkylation sites (N-methyl/N-ethyl adjacent to an activating group) is 1. The molecule has 1 atom stereocenters. The van der Waals surface area contributed by atoms with Crippen LogP contribution >= 0.6 is 0 Å². The highest BCUT2D eigenvalue weighted by Crippen LogP contribution is 2.34. The van der Waals surface area contributed by atoms with Crippen LogP contribution in [0.15, 0.2) is 24.3 Å². The maximum atomic E-state index is 5.75. The van der Waals surface area contributed by atoms with E-state index in [1.807, 2.05) is 13.0 Å². The van der Waals surface area contributed by atoms with Crippen LogP contribution in [0.4, 0.5) is 0 Å². The van der Waals surface area contributed by atoms with E-state index < -0.39 is 0 Å². The maximum absolute atomic E-state index is 5.75. The average molecular weight is 290 g/mol. The van der Waals surface area contributed by atoms with Crippen LogP contribution in [0.3, 0.4) is 0 Å². The fraction of sp³-hybridized carbons (Fsp3) is 0.667. The Morgan fingerprint density at radius 2 is 1.90 bits per heavy atom. The second kappa shape index (κ2) is 7.28. The van der Waals surface area contributed by atoms with Crippen LogP contribution in [0.1, 0.15) is 51.1 Å². The van der Waals surface area contributed by atoms with Gasteiger partial charge in [0.25, 0.3) is 0 Å². The van der Waals surface area contributed by atoms with Crippen molar-refractivity contribution in [1.82, 2.24) is 10.2 Å². The van der Waals surface area contributed by atoms with Gasteiger partial charge in [0, 0.05) is 23.7 Å². The minimum absolute atomic E-state index is 0.310. The monoisotopic (exact) mass is 290 g/mol. The van der Waals surface area contributed by atoms with E-state index in [1.54, 1.807) is 0 Å². The molecule has 0 amide bonds. The molecule has 3 heteroatoms. The number of hydrogen-bond donors (Lipinski definition) is 1. The van der Waals surface area contributed by atoms with Gasteiger partial charge < -0.3 is 15.0 Å². The minimum Gasteiger partial charge on any atom is -0.494 e. The van der Waals surface area contributed by atoms with Crippen molar-refractivity contribution in [2.45, 2.75) is 51.1 Å². The standard InChI is InChI=1S/C18H30N2O/c1-5-21-17-11-7-6-10-16(17)15(2)19-14-18(20(3)4)12-8-9-13-18/h6-7,10-11,15,19H,5,8-9,12-14H2,1-4H3. The molecule has 118 valence electrons. The minimum atomic E-state index is 0.310. The van der Waals surface area contributed by atoms with Crippen LogP contribution in [-0.2, 0) is 0 Å². The quantitative estimate of drug-likeness (QED) is 0.830. The molecule has 0 heterocycles. The Morgan fingerprint density at radius 3 is 2.52 bits per heavy atom. The number of nitrogens with zero attached hydrogens (tertiary/aromatic N) is 1. The number of hydrogen-bond acceptors (Lipinski definition) is 3. The topological polar surface area (TPSA) is 24.5 Å². The Labute approximate surface area is 129 Å². The van der Waals surface area contributed by atoms with Gasteiger partial charge in [-0.05, 0) is 46.9 Å². The lowest BCUT2D eigenvalue weighted by Crippen LogP contribution is -2.50. The van der Waals surface area contributed by atoms with Crippen LogP contribution in [0.25, 0.3) is 0 Å². The van der Waals surface area contributed by atoms with Crippen LogP contribution in [-0.4, -0.2) is 37.7 Å². The highest BCUT2D eigenvalue weighted by atomic mass is 16.5. The van der Waals surface area contributed by atoms with Gasteiger partial charge in [-0.25, -0.2) is 0 Å². The second-order valence-electron chi connectivity index (χ2n) is 6.40. The second-order valence-corrected chi connectivity index (χ2v) is 6.40. The predicted molar refractivity (Wildman–Crippen MR) is 88.9 cm³/mol. The molecule has 1 fully saturated rings. The van der Waals surface area contributed by atoms with E-state index in [4.69, 9.17) is 4.74 Å². The van der Waals surface area contributed by atoms with Crippen molar-refractivity contribution < 1.29 is 4.74 Å². The van der Waals surface area contributed by atoms with Crippen LogP contribution in [0, 0.1) is 0 Å². The molecule has 0 aliphatic heterocycles. The van der Waals surface area contributed by atoms with E-state index in [0.717, 1.165) is 12.3 Å². The van der Waals surface area contributed by atoms with Gasteiger partial charge in [0.1, 0.15) is 5.75 Å². The first-order valence-corrected chi connectivity index (χ1v) is 8.21. The summed E-state index contributed by atoms with van der Waals surface area (Å²) in [4.78, 5) is 2.41. The van der Waals surface area contributed by atoms with Gasteiger partial charge in [-0.3, -0.25) is 0 Å². The van der Waals surface area contributed by atoms with E-state index in [9.17, 15) is 0 Å². The Morgan fingerprint density at radius 1 is 1.24 bits per heavy atom. The molecule has 1 aliphatic rings. The number of ether oxygens (including phenoxy) is 1. The van der Waals surface area contributed by atoms with E-state index in [-0.39, 0.29) is 0 Å². The van der Waals surface area contributed by atoms with E-state index in [2.05, 4.69) is 49.4 Å². The SMILES string of the molecule is CCOc1ccccc1C(C)NCC1(N(C)C)CCCC1. The summed E-state index contributed by atoms with van der Waals surface area (Å²) in [6, 6.07) is 8.67. The molecule has 2 rings (SSSR count). The molecule has 0 aromatic heterocycles. The van der Waals surface area contributed by atoms with Gasteiger partial charge in [-0.1, -0.05) is 31.0 Å². The van der Waals surface area contributed by atoms with Gasteiger partial charge in [-0.2, -0.15) is 0 Å². The van der Waals surface area contributed by atoms with E-state index in [1.165, 1.54) is 31.2 Å². The van der Waals surface area contributed by atoms with Gasteiger partial charge in [0.2, 0.25) is 0 Å². The lowest BCUT2D eigenvalue weighted by Gasteiger charge is -2.37. The molecule has 1 N–H and O–H groups in total. The van der Waals surface area contributed by atoms with Crippen molar-refractivity contribution in [2.75, 3.05) is 27.2 Å². The van der Waals surface area contributed by atoms with Crippen molar-refractivity contribution in [2.24, 2.45) is 0 Å². The molecule has 0 saturated heterocycles. The predicted octanol–water partition coefficient (Wildman–Crippen LogP) is 3.61. The Balaban J connectivity index is 2.03. The summed E-state index contributed by atoms with van der Waals surface area (Å²) < 4.78 is 5.75. The molecule has 0 spiro atoms. The normalized spacial score (nSPS) is 18.9. The first-order valence-electron chi connectivity index (χ1n) is 8.21. The van der Waals surface area contributed by atoms with Crippen LogP contribution in [0.2, 0.25) is 0 Å². The molecule has 1 aromatic carbocycles. The number of rotatable bonds is 7. The fourth-order valence-corrected chi connectivity index (χ4v) is 3.39. The number of benzene rings is 1. The highest BCUT2D eigenvalue weighted by Gasteiger charge is 2.35. The lowest BCUT2D eigenvalue weighted by molar-refractivity contribution is 0.150. The lowest BCUT2D eigenvalue weighted by atomic mass is 9.95. The summed E-state index contributed by atoms with van der Waals surface area (Å²) >= 11 is 0. The zero-order chi connectivity index (χ0) is 15.3. The molecular weight excluding hydrogens is 260 g/mol. The molecule has 1 aromatic rings. The molecule has 1 saturated carbocycles. The summed E-state index contributed by atoms with van der Waals surface area (Å²) in [5, 5.41) is 3.74. The first-order chi connectivity index (χ1) is 10.1. The molecule has 0 radical (unpaired) electrons. The van der Waals surface area contributed by atoms with Gasteiger partial charge >= 0.3 is 0 Å². The smallest absolute Gasteiger partial charge is 0.124 e. The fourth-order valence-electron chi connectivity index (χ4n) is 3.39. The van der Waals surface area contributed by atoms with Gasteiger partial charge in [-0.15, -0.1) is 0 Å². The van der Waals surface area contributed by atoms with E-state index in [0.29, 0.717) is 18.2 Å². The number of nitrogens with one attached hydrogen (secondary N) is 1. The summed E-state index contributed by atoms with van der Waals surface area (Å²) in [5.74, 6) is 1.00. The Hall–Kier alpha value is -1.06. The van der Waals surface area contributed by atoms with Gasteiger partial charge in [0.15, 0.2) is 0 Å². The third-order valence-corrected chi connectivity index (χ3v) is 4.91. The van der Waals surface area contributed by atoms with Crippen molar-refractivity contribution in [3.8, 4) is 5.75 Å². The number of para-hydroxylation sites is 1. The third kappa shape index (κ3) is 3.78. The Kier molecular flexibility index (Phi) is 5.65. The van der Waals surface area contributed by atoms with Crippen molar-refractivity contribution in [1.29, 1.82) is 0 Å².